The molecule has 2 rings (SSSR count). The molecule has 0 spiro atoms. The molecule has 100 valence electrons. The summed E-state index contributed by atoms with van der Waals surface area (Å²) in [5.74, 6) is 0. The SMILES string of the molecule is CCc1cccc(C)c1NCc1ccc(Cl)cc1Br. The topological polar surface area (TPSA) is 12.0 Å². The lowest BCUT2D eigenvalue weighted by atomic mass is 10.1. The van der Waals surface area contributed by atoms with Gasteiger partial charge in [-0.3, -0.25) is 0 Å². The number of benzene rings is 2. The van der Waals surface area contributed by atoms with E-state index in [1.54, 1.807) is 0 Å². The number of hydrogen-bond acceptors (Lipinski definition) is 1. The average Bonchev–Trinajstić information content (AvgIpc) is 2.39. The van der Waals surface area contributed by atoms with Crippen molar-refractivity contribution in [3.8, 4) is 0 Å². The number of rotatable bonds is 4. The molecule has 0 radical (unpaired) electrons. The molecule has 0 fully saturated rings. The molecule has 0 atom stereocenters. The van der Waals surface area contributed by atoms with Gasteiger partial charge in [0.05, 0.1) is 0 Å². The van der Waals surface area contributed by atoms with Gasteiger partial charge in [0.2, 0.25) is 0 Å². The predicted molar refractivity (Wildman–Crippen MR) is 87.0 cm³/mol. The summed E-state index contributed by atoms with van der Waals surface area (Å²) in [4.78, 5) is 0. The van der Waals surface area contributed by atoms with Crippen LogP contribution in [0.1, 0.15) is 23.6 Å². The summed E-state index contributed by atoms with van der Waals surface area (Å²) < 4.78 is 1.04. The molecule has 1 nitrogen and oxygen atoms in total. The fourth-order valence-electron chi connectivity index (χ4n) is 2.12. The summed E-state index contributed by atoms with van der Waals surface area (Å²) in [7, 11) is 0. The highest BCUT2D eigenvalue weighted by Gasteiger charge is 2.05. The number of nitrogens with one attached hydrogen (secondary N) is 1. The van der Waals surface area contributed by atoms with Gasteiger partial charge >= 0.3 is 0 Å². The standard InChI is InChI=1S/C16H17BrClN/c1-3-12-6-4-5-11(2)16(12)19-10-13-7-8-14(18)9-15(13)17/h4-9,19H,3,10H2,1-2H3. The van der Waals surface area contributed by atoms with Crippen molar-refractivity contribution < 1.29 is 0 Å². The summed E-state index contributed by atoms with van der Waals surface area (Å²) in [5, 5.41) is 4.29. The van der Waals surface area contributed by atoms with E-state index in [1.807, 2.05) is 18.2 Å². The van der Waals surface area contributed by atoms with E-state index in [0.29, 0.717) is 0 Å². The van der Waals surface area contributed by atoms with Crippen LogP contribution >= 0.6 is 27.5 Å². The molecule has 0 unspecified atom stereocenters. The number of halogens is 2. The molecule has 0 saturated heterocycles. The first-order chi connectivity index (χ1) is 9.11. The van der Waals surface area contributed by atoms with E-state index in [1.165, 1.54) is 22.4 Å². The van der Waals surface area contributed by atoms with Crippen molar-refractivity contribution in [1.82, 2.24) is 0 Å². The Labute approximate surface area is 128 Å². The summed E-state index contributed by atoms with van der Waals surface area (Å²) >= 11 is 9.51. The van der Waals surface area contributed by atoms with Crippen molar-refractivity contribution in [2.45, 2.75) is 26.8 Å². The molecule has 2 aromatic carbocycles. The van der Waals surface area contributed by atoms with Crippen LogP contribution in [-0.4, -0.2) is 0 Å². The minimum Gasteiger partial charge on any atom is -0.380 e. The second-order valence-electron chi connectivity index (χ2n) is 4.55. The van der Waals surface area contributed by atoms with Crippen molar-refractivity contribution in [2.24, 2.45) is 0 Å². The van der Waals surface area contributed by atoms with Crippen LogP contribution in [0.15, 0.2) is 40.9 Å². The van der Waals surface area contributed by atoms with Crippen LogP contribution in [0.5, 0.6) is 0 Å². The minimum absolute atomic E-state index is 0.751. The Bertz CT molecular complexity index is 581. The Morgan fingerprint density at radius 2 is 1.95 bits per heavy atom. The van der Waals surface area contributed by atoms with Gasteiger partial charge in [-0.05, 0) is 42.2 Å². The molecule has 0 saturated carbocycles. The largest absolute Gasteiger partial charge is 0.380 e. The van der Waals surface area contributed by atoms with Gasteiger partial charge in [0.25, 0.3) is 0 Å². The van der Waals surface area contributed by atoms with Crippen LogP contribution in [0.4, 0.5) is 5.69 Å². The van der Waals surface area contributed by atoms with Crippen molar-refractivity contribution in [1.29, 1.82) is 0 Å². The Morgan fingerprint density at radius 3 is 2.63 bits per heavy atom. The normalized spacial score (nSPS) is 10.5. The Balaban J connectivity index is 2.19. The van der Waals surface area contributed by atoms with Crippen molar-refractivity contribution in [3.05, 3.63) is 62.6 Å². The van der Waals surface area contributed by atoms with E-state index in [4.69, 9.17) is 11.6 Å². The highest BCUT2D eigenvalue weighted by molar-refractivity contribution is 9.10. The van der Waals surface area contributed by atoms with Gasteiger partial charge < -0.3 is 5.32 Å². The Kier molecular flexibility index (Phi) is 4.89. The molecule has 0 aliphatic heterocycles. The van der Waals surface area contributed by atoms with Gasteiger partial charge in [0.15, 0.2) is 0 Å². The van der Waals surface area contributed by atoms with E-state index >= 15 is 0 Å². The highest BCUT2D eigenvalue weighted by Crippen LogP contribution is 2.25. The lowest BCUT2D eigenvalue weighted by molar-refractivity contribution is 1.08. The maximum absolute atomic E-state index is 5.96. The first-order valence-corrected chi connectivity index (χ1v) is 7.55. The first-order valence-electron chi connectivity index (χ1n) is 6.38. The van der Waals surface area contributed by atoms with Crippen LogP contribution in [0.2, 0.25) is 5.02 Å². The van der Waals surface area contributed by atoms with E-state index in [0.717, 1.165) is 22.5 Å². The second kappa shape index (κ2) is 6.44. The van der Waals surface area contributed by atoms with E-state index in [2.05, 4.69) is 53.3 Å². The molecule has 19 heavy (non-hydrogen) atoms. The van der Waals surface area contributed by atoms with Crippen molar-refractivity contribution in [2.75, 3.05) is 5.32 Å². The molecular weight excluding hydrogens is 322 g/mol. The van der Waals surface area contributed by atoms with Crippen LogP contribution < -0.4 is 5.32 Å². The summed E-state index contributed by atoms with van der Waals surface area (Å²) in [6.45, 7) is 5.10. The van der Waals surface area contributed by atoms with Crippen molar-refractivity contribution >= 4 is 33.2 Å². The molecular formula is C16H17BrClN. The van der Waals surface area contributed by atoms with Gasteiger partial charge in [-0.15, -0.1) is 0 Å². The fourth-order valence-corrected chi connectivity index (χ4v) is 2.95. The third kappa shape index (κ3) is 3.52. The molecule has 3 heteroatoms. The zero-order chi connectivity index (χ0) is 13.8. The lowest BCUT2D eigenvalue weighted by Gasteiger charge is -2.15. The van der Waals surface area contributed by atoms with Crippen molar-refractivity contribution in [3.63, 3.8) is 0 Å². The molecule has 2 aromatic rings. The monoisotopic (exact) mass is 337 g/mol. The number of aryl methyl sites for hydroxylation is 2. The van der Waals surface area contributed by atoms with Gasteiger partial charge in [-0.1, -0.05) is 58.7 Å². The van der Waals surface area contributed by atoms with Gasteiger partial charge in [0.1, 0.15) is 0 Å². The molecule has 1 N–H and O–H groups in total. The van der Waals surface area contributed by atoms with Crippen LogP contribution in [0, 0.1) is 6.92 Å². The third-order valence-electron chi connectivity index (χ3n) is 3.21. The van der Waals surface area contributed by atoms with Crippen LogP contribution in [0.3, 0.4) is 0 Å². The van der Waals surface area contributed by atoms with Gasteiger partial charge in [-0.25, -0.2) is 0 Å². The molecule has 0 amide bonds. The molecule has 0 bridgehead atoms. The number of para-hydroxylation sites is 1. The Hall–Kier alpha value is -0.990. The zero-order valence-electron chi connectivity index (χ0n) is 11.1. The maximum Gasteiger partial charge on any atom is 0.0417 e. The fraction of sp³-hybridized carbons (Fsp3) is 0.250. The molecule has 0 aromatic heterocycles. The van der Waals surface area contributed by atoms with Crippen LogP contribution in [0.25, 0.3) is 0 Å². The van der Waals surface area contributed by atoms with Gasteiger partial charge in [0, 0.05) is 21.7 Å². The first kappa shape index (κ1) is 14.4. The number of hydrogen-bond donors (Lipinski definition) is 1. The lowest BCUT2D eigenvalue weighted by Crippen LogP contribution is -2.04. The highest BCUT2D eigenvalue weighted by atomic mass is 79.9. The van der Waals surface area contributed by atoms with E-state index in [9.17, 15) is 0 Å². The molecule has 0 heterocycles. The summed E-state index contributed by atoms with van der Waals surface area (Å²) in [6.07, 6.45) is 1.03. The average molecular weight is 339 g/mol. The summed E-state index contributed by atoms with van der Waals surface area (Å²) in [6, 6.07) is 12.3. The van der Waals surface area contributed by atoms with Gasteiger partial charge in [-0.2, -0.15) is 0 Å². The quantitative estimate of drug-likeness (QED) is 0.766. The third-order valence-corrected chi connectivity index (χ3v) is 4.18. The van der Waals surface area contributed by atoms with Crippen LogP contribution in [-0.2, 0) is 13.0 Å². The summed E-state index contributed by atoms with van der Waals surface area (Å²) in [5.41, 5.74) is 5.08. The number of anilines is 1. The molecule has 0 aliphatic carbocycles. The second-order valence-corrected chi connectivity index (χ2v) is 5.84. The maximum atomic E-state index is 5.96. The smallest absolute Gasteiger partial charge is 0.0417 e. The minimum atomic E-state index is 0.751. The molecule has 0 aliphatic rings. The zero-order valence-corrected chi connectivity index (χ0v) is 13.5. The van der Waals surface area contributed by atoms with E-state index in [-0.39, 0.29) is 0 Å². The Morgan fingerprint density at radius 1 is 1.16 bits per heavy atom. The van der Waals surface area contributed by atoms with E-state index < -0.39 is 0 Å². The predicted octanol–water partition coefficient (Wildman–Crippen LogP) is 5.59.